The van der Waals surface area contributed by atoms with Crippen LogP contribution in [0.3, 0.4) is 0 Å². The Bertz CT molecular complexity index is 854. The number of hydrogen-bond acceptors (Lipinski definition) is 4. The van der Waals surface area contributed by atoms with E-state index in [1.165, 1.54) is 4.90 Å². The van der Waals surface area contributed by atoms with Gasteiger partial charge in [0.15, 0.2) is 5.17 Å². The molecule has 1 amide bonds. The maximum absolute atomic E-state index is 12.6. The molecule has 2 aromatic carbocycles. The number of halogens is 2. The van der Waals surface area contributed by atoms with Gasteiger partial charge in [0, 0.05) is 10.0 Å². The summed E-state index contributed by atoms with van der Waals surface area (Å²) in [6.45, 7) is 0.293. The Kier molecular flexibility index (Phi) is 5.86. The molecular formula is C18H14Cl2N2O3S. The molecule has 1 fully saturated rings. The lowest BCUT2D eigenvalue weighted by atomic mass is 10.2. The summed E-state index contributed by atoms with van der Waals surface area (Å²) in [5.41, 5.74) is 1.47. The summed E-state index contributed by atoms with van der Waals surface area (Å²) in [4.78, 5) is 29.9. The second-order valence-electron chi connectivity index (χ2n) is 5.63. The third kappa shape index (κ3) is 4.58. The van der Waals surface area contributed by atoms with Gasteiger partial charge in [-0.3, -0.25) is 14.5 Å². The van der Waals surface area contributed by atoms with Crippen LogP contribution in [0.2, 0.25) is 10.0 Å². The van der Waals surface area contributed by atoms with Gasteiger partial charge in [0.25, 0.3) is 0 Å². The van der Waals surface area contributed by atoms with Crippen molar-refractivity contribution in [2.45, 2.75) is 18.2 Å². The van der Waals surface area contributed by atoms with Crippen molar-refractivity contribution in [1.29, 1.82) is 0 Å². The molecule has 0 aromatic heterocycles. The minimum atomic E-state index is -1.03. The van der Waals surface area contributed by atoms with Crippen LogP contribution in [0.1, 0.15) is 12.0 Å². The Morgan fingerprint density at radius 3 is 2.27 bits per heavy atom. The SMILES string of the molecule is O=C(O)[C@@H]1CC(=O)N(Cc2ccc(Cl)cc2)C(=Nc2ccc(Cl)cc2)S1. The van der Waals surface area contributed by atoms with E-state index in [1.54, 1.807) is 36.4 Å². The first-order chi connectivity index (χ1) is 12.4. The van der Waals surface area contributed by atoms with Crippen LogP contribution in [0.4, 0.5) is 5.69 Å². The molecule has 134 valence electrons. The number of aliphatic imine (C=N–C) groups is 1. The first kappa shape index (κ1) is 18.8. The van der Waals surface area contributed by atoms with Gasteiger partial charge < -0.3 is 5.11 Å². The molecule has 1 aliphatic rings. The van der Waals surface area contributed by atoms with Crippen LogP contribution in [0, 0.1) is 0 Å². The number of aliphatic carboxylic acids is 1. The highest BCUT2D eigenvalue weighted by Crippen LogP contribution is 2.30. The Labute approximate surface area is 164 Å². The van der Waals surface area contributed by atoms with Crippen molar-refractivity contribution in [2.75, 3.05) is 0 Å². The van der Waals surface area contributed by atoms with Crippen LogP contribution in [0.25, 0.3) is 0 Å². The van der Waals surface area contributed by atoms with Crippen molar-refractivity contribution >= 4 is 57.7 Å². The molecule has 0 aliphatic carbocycles. The Balaban J connectivity index is 1.92. The van der Waals surface area contributed by atoms with Crippen molar-refractivity contribution in [2.24, 2.45) is 4.99 Å². The Morgan fingerprint density at radius 2 is 1.69 bits per heavy atom. The quantitative estimate of drug-likeness (QED) is 0.802. The normalized spacial score (nSPS) is 19.0. The highest BCUT2D eigenvalue weighted by atomic mass is 35.5. The molecular weight excluding hydrogens is 395 g/mol. The van der Waals surface area contributed by atoms with E-state index in [1.807, 2.05) is 12.1 Å². The summed E-state index contributed by atoms with van der Waals surface area (Å²) < 4.78 is 0. The van der Waals surface area contributed by atoms with Gasteiger partial charge in [-0.1, -0.05) is 47.1 Å². The predicted molar refractivity (Wildman–Crippen MR) is 104 cm³/mol. The number of carbonyl (C=O) groups excluding carboxylic acids is 1. The van der Waals surface area contributed by atoms with Gasteiger partial charge in [0.2, 0.25) is 5.91 Å². The largest absolute Gasteiger partial charge is 0.480 e. The Morgan fingerprint density at radius 1 is 1.12 bits per heavy atom. The molecule has 2 aromatic rings. The lowest BCUT2D eigenvalue weighted by Crippen LogP contribution is -2.43. The van der Waals surface area contributed by atoms with E-state index in [9.17, 15) is 14.7 Å². The summed E-state index contributed by atoms with van der Waals surface area (Å²) in [6.07, 6.45) is -0.0762. The van der Waals surface area contributed by atoms with Crippen LogP contribution in [0.5, 0.6) is 0 Å². The van der Waals surface area contributed by atoms with Crippen molar-refractivity contribution in [3.8, 4) is 0 Å². The van der Waals surface area contributed by atoms with Crippen molar-refractivity contribution < 1.29 is 14.7 Å². The van der Waals surface area contributed by atoms with Gasteiger partial charge in [0.1, 0.15) is 5.25 Å². The number of amidine groups is 1. The highest BCUT2D eigenvalue weighted by Gasteiger charge is 2.35. The molecule has 0 saturated carbocycles. The number of carbonyl (C=O) groups is 2. The van der Waals surface area contributed by atoms with Gasteiger partial charge in [-0.25, -0.2) is 4.99 Å². The van der Waals surface area contributed by atoms with Crippen LogP contribution in [-0.4, -0.2) is 32.3 Å². The van der Waals surface area contributed by atoms with Crippen molar-refractivity contribution in [3.05, 3.63) is 64.1 Å². The van der Waals surface area contributed by atoms with E-state index < -0.39 is 11.2 Å². The molecule has 3 rings (SSSR count). The van der Waals surface area contributed by atoms with Crippen LogP contribution < -0.4 is 0 Å². The molecule has 8 heteroatoms. The number of carboxylic acids is 1. The number of thioether (sulfide) groups is 1. The third-order valence-corrected chi connectivity index (χ3v) is 5.40. The number of hydrogen-bond donors (Lipinski definition) is 1. The molecule has 0 unspecified atom stereocenters. The van der Waals surface area contributed by atoms with Gasteiger partial charge in [0.05, 0.1) is 18.7 Å². The molecule has 5 nitrogen and oxygen atoms in total. The molecule has 1 heterocycles. The molecule has 26 heavy (non-hydrogen) atoms. The third-order valence-electron chi connectivity index (χ3n) is 3.72. The fraction of sp³-hybridized carbons (Fsp3) is 0.167. The Hall–Kier alpha value is -2.02. The smallest absolute Gasteiger partial charge is 0.317 e. The van der Waals surface area contributed by atoms with Crippen molar-refractivity contribution in [1.82, 2.24) is 4.90 Å². The number of rotatable bonds is 4. The molecule has 1 saturated heterocycles. The second kappa shape index (κ2) is 8.12. The number of nitrogens with zero attached hydrogens (tertiary/aromatic N) is 2. The summed E-state index contributed by atoms with van der Waals surface area (Å²) in [5, 5.41) is 9.98. The van der Waals surface area contributed by atoms with Crippen LogP contribution >= 0.6 is 35.0 Å². The fourth-order valence-corrected chi connectivity index (χ4v) is 3.67. The van der Waals surface area contributed by atoms with Crippen molar-refractivity contribution in [3.63, 3.8) is 0 Å². The molecule has 1 aliphatic heterocycles. The summed E-state index contributed by atoms with van der Waals surface area (Å²) in [5.74, 6) is -1.31. The van der Waals surface area contributed by atoms with Gasteiger partial charge in [-0.05, 0) is 42.0 Å². The molecule has 1 N–H and O–H groups in total. The zero-order valence-electron chi connectivity index (χ0n) is 13.4. The van der Waals surface area contributed by atoms with E-state index in [0.717, 1.165) is 17.3 Å². The van der Waals surface area contributed by atoms with E-state index in [-0.39, 0.29) is 12.3 Å². The van der Waals surface area contributed by atoms with E-state index >= 15 is 0 Å². The molecule has 1 atom stereocenters. The highest BCUT2D eigenvalue weighted by molar-refractivity contribution is 8.15. The zero-order valence-corrected chi connectivity index (χ0v) is 15.8. The zero-order chi connectivity index (χ0) is 18.7. The van der Waals surface area contributed by atoms with Gasteiger partial charge in [-0.15, -0.1) is 0 Å². The van der Waals surface area contributed by atoms with Crippen LogP contribution in [-0.2, 0) is 16.1 Å². The van der Waals surface area contributed by atoms with Crippen LogP contribution in [0.15, 0.2) is 53.5 Å². The summed E-state index contributed by atoms with van der Waals surface area (Å²) in [6, 6.07) is 13.9. The second-order valence-corrected chi connectivity index (χ2v) is 7.67. The topological polar surface area (TPSA) is 70.0 Å². The van der Waals surface area contributed by atoms with E-state index in [4.69, 9.17) is 23.2 Å². The summed E-state index contributed by atoms with van der Waals surface area (Å²) in [7, 11) is 0. The maximum Gasteiger partial charge on any atom is 0.317 e. The van der Waals surface area contributed by atoms with Gasteiger partial charge in [-0.2, -0.15) is 0 Å². The van der Waals surface area contributed by atoms with Gasteiger partial charge >= 0.3 is 5.97 Å². The lowest BCUT2D eigenvalue weighted by Gasteiger charge is -2.30. The molecule has 0 spiro atoms. The monoisotopic (exact) mass is 408 g/mol. The first-order valence-corrected chi connectivity index (χ1v) is 9.34. The van der Waals surface area contributed by atoms with E-state index in [0.29, 0.717) is 27.4 Å². The average molecular weight is 409 g/mol. The number of benzene rings is 2. The molecule has 0 radical (unpaired) electrons. The average Bonchev–Trinajstić information content (AvgIpc) is 2.61. The first-order valence-electron chi connectivity index (χ1n) is 7.71. The maximum atomic E-state index is 12.6. The molecule has 0 bridgehead atoms. The predicted octanol–water partition coefficient (Wildman–Crippen LogP) is 4.60. The minimum absolute atomic E-state index is 0.0762. The standard InChI is InChI=1S/C18H14Cl2N2O3S/c19-12-3-1-11(2-4-12)10-22-16(23)9-15(17(24)25)26-18(22)21-14-7-5-13(20)6-8-14/h1-8,15H,9-10H2,(H,24,25)/t15-/m0/s1. The minimum Gasteiger partial charge on any atom is -0.480 e. The fourth-order valence-electron chi connectivity index (χ4n) is 2.39. The van der Waals surface area contributed by atoms with E-state index in [2.05, 4.69) is 4.99 Å². The number of carboxylic acid groups (broad SMARTS) is 1. The summed E-state index contributed by atoms with van der Waals surface area (Å²) >= 11 is 12.9. The number of amides is 1. The lowest BCUT2D eigenvalue weighted by molar-refractivity contribution is -0.139.